The molecule has 1 atom stereocenters. The first-order valence-corrected chi connectivity index (χ1v) is 6.61. The standard InChI is InChI=1S/C14H19N3O4/c1-20-8-6-9(12(15)11(7-8)21-2)14(19)17-5-3-4-10(17)13(16)18/h6-7,10H,3-5,15H2,1-2H3,(H2,16,18). The maximum absolute atomic E-state index is 12.6. The molecule has 21 heavy (non-hydrogen) atoms. The van der Waals surface area contributed by atoms with Crippen LogP contribution >= 0.6 is 0 Å². The lowest BCUT2D eigenvalue weighted by Crippen LogP contribution is -2.43. The van der Waals surface area contributed by atoms with E-state index in [1.54, 1.807) is 6.07 Å². The number of nitrogen functional groups attached to an aromatic ring is 1. The molecular weight excluding hydrogens is 274 g/mol. The number of rotatable bonds is 4. The molecule has 1 fully saturated rings. The second kappa shape index (κ2) is 5.90. The van der Waals surface area contributed by atoms with E-state index in [4.69, 9.17) is 20.9 Å². The van der Waals surface area contributed by atoms with Crippen LogP contribution in [-0.2, 0) is 4.79 Å². The van der Waals surface area contributed by atoms with E-state index in [0.29, 0.717) is 24.5 Å². The Morgan fingerprint density at radius 3 is 2.57 bits per heavy atom. The molecule has 1 aromatic rings. The van der Waals surface area contributed by atoms with Gasteiger partial charge in [-0.2, -0.15) is 0 Å². The van der Waals surface area contributed by atoms with Crippen molar-refractivity contribution in [3.05, 3.63) is 17.7 Å². The van der Waals surface area contributed by atoms with Gasteiger partial charge < -0.3 is 25.8 Å². The monoisotopic (exact) mass is 293 g/mol. The summed E-state index contributed by atoms with van der Waals surface area (Å²) in [5, 5.41) is 0. The fraction of sp³-hybridized carbons (Fsp3) is 0.429. The van der Waals surface area contributed by atoms with Crippen LogP contribution in [0.5, 0.6) is 11.5 Å². The number of nitrogens with two attached hydrogens (primary N) is 2. The third kappa shape index (κ3) is 2.72. The maximum atomic E-state index is 12.6. The minimum atomic E-state index is -0.589. The van der Waals surface area contributed by atoms with Crippen LogP contribution in [-0.4, -0.2) is 43.5 Å². The molecule has 0 bridgehead atoms. The van der Waals surface area contributed by atoms with E-state index in [0.717, 1.165) is 6.42 Å². The number of anilines is 1. The number of amides is 2. The number of carbonyl (C=O) groups is 2. The maximum Gasteiger partial charge on any atom is 0.256 e. The average molecular weight is 293 g/mol. The third-order valence-corrected chi connectivity index (χ3v) is 3.64. The van der Waals surface area contributed by atoms with Gasteiger partial charge in [-0.1, -0.05) is 0 Å². The zero-order chi connectivity index (χ0) is 15.6. The molecule has 4 N–H and O–H groups in total. The van der Waals surface area contributed by atoms with E-state index in [-0.39, 0.29) is 17.2 Å². The van der Waals surface area contributed by atoms with Crippen LogP contribution in [0, 0.1) is 0 Å². The van der Waals surface area contributed by atoms with Crippen molar-refractivity contribution in [3.63, 3.8) is 0 Å². The lowest BCUT2D eigenvalue weighted by molar-refractivity contribution is -0.121. The average Bonchev–Trinajstić information content (AvgIpc) is 2.96. The summed E-state index contributed by atoms with van der Waals surface area (Å²) < 4.78 is 10.3. The highest BCUT2D eigenvalue weighted by molar-refractivity contribution is 6.03. The third-order valence-electron chi connectivity index (χ3n) is 3.64. The molecule has 0 saturated carbocycles. The SMILES string of the molecule is COc1cc(OC)c(N)c(C(=O)N2CCCC2C(N)=O)c1. The molecule has 0 aliphatic carbocycles. The summed E-state index contributed by atoms with van der Waals surface area (Å²) in [5.74, 6) is -0.0352. The molecule has 0 spiro atoms. The molecule has 1 aromatic carbocycles. The number of ether oxygens (including phenoxy) is 2. The molecule has 1 aliphatic heterocycles. The lowest BCUT2D eigenvalue weighted by Gasteiger charge is -2.23. The van der Waals surface area contributed by atoms with Gasteiger partial charge in [-0.15, -0.1) is 0 Å². The van der Waals surface area contributed by atoms with E-state index in [2.05, 4.69) is 0 Å². The summed E-state index contributed by atoms with van der Waals surface area (Å²) in [4.78, 5) is 25.5. The number of primary amides is 1. The van der Waals surface area contributed by atoms with Crippen LogP contribution in [0.15, 0.2) is 12.1 Å². The Labute approximate surface area is 122 Å². The Morgan fingerprint density at radius 1 is 1.29 bits per heavy atom. The number of carbonyl (C=O) groups excluding carboxylic acids is 2. The molecule has 0 radical (unpaired) electrons. The van der Waals surface area contributed by atoms with E-state index in [9.17, 15) is 9.59 Å². The highest BCUT2D eigenvalue weighted by Gasteiger charge is 2.34. The van der Waals surface area contributed by atoms with E-state index in [1.165, 1.54) is 25.2 Å². The summed E-state index contributed by atoms with van der Waals surface area (Å²) in [7, 11) is 2.95. The molecule has 1 aliphatic rings. The quantitative estimate of drug-likeness (QED) is 0.780. The van der Waals surface area contributed by atoms with E-state index in [1.807, 2.05) is 0 Å². The lowest BCUT2D eigenvalue weighted by atomic mass is 10.1. The summed E-state index contributed by atoms with van der Waals surface area (Å²) >= 11 is 0. The van der Waals surface area contributed by atoms with Crippen molar-refractivity contribution in [2.75, 3.05) is 26.5 Å². The molecule has 2 rings (SSSR count). The Morgan fingerprint density at radius 2 is 2.00 bits per heavy atom. The number of nitrogens with zero attached hydrogens (tertiary/aromatic N) is 1. The van der Waals surface area contributed by atoms with Gasteiger partial charge in [0, 0.05) is 12.6 Å². The summed E-state index contributed by atoms with van der Waals surface area (Å²) in [6, 6.07) is 2.55. The molecule has 114 valence electrons. The molecule has 2 amide bonds. The van der Waals surface area contributed by atoms with Gasteiger partial charge >= 0.3 is 0 Å². The minimum absolute atomic E-state index is 0.221. The van der Waals surface area contributed by atoms with Crippen LogP contribution in [0.25, 0.3) is 0 Å². The normalized spacial score (nSPS) is 17.6. The first-order chi connectivity index (χ1) is 9.99. The second-order valence-electron chi connectivity index (χ2n) is 4.85. The highest BCUT2D eigenvalue weighted by atomic mass is 16.5. The van der Waals surface area contributed by atoms with Crippen molar-refractivity contribution >= 4 is 17.5 Å². The van der Waals surface area contributed by atoms with Gasteiger partial charge in [0.05, 0.1) is 25.5 Å². The number of benzene rings is 1. The smallest absolute Gasteiger partial charge is 0.256 e. The minimum Gasteiger partial charge on any atom is -0.497 e. The fourth-order valence-corrected chi connectivity index (χ4v) is 2.53. The van der Waals surface area contributed by atoms with Crippen molar-refractivity contribution in [1.82, 2.24) is 4.90 Å². The number of methoxy groups -OCH3 is 2. The van der Waals surface area contributed by atoms with Gasteiger partial charge in [0.25, 0.3) is 5.91 Å². The van der Waals surface area contributed by atoms with Crippen LogP contribution in [0.3, 0.4) is 0 Å². The summed E-state index contributed by atoms with van der Waals surface area (Å²) in [6.45, 7) is 0.478. The molecule has 1 unspecified atom stereocenters. The van der Waals surface area contributed by atoms with E-state index >= 15 is 0 Å². The van der Waals surface area contributed by atoms with Gasteiger partial charge in [-0.05, 0) is 18.9 Å². The zero-order valence-corrected chi connectivity index (χ0v) is 12.1. The predicted molar refractivity (Wildman–Crippen MR) is 77.2 cm³/mol. The number of likely N-dealkylation sites (tertiary alicyclic amines) is 1. The van der Waals surface area contributed by atoms with Gasteiger partial charge in [-0.25, -0.2) is 0 Å². The van der Waals surface area contributed by atoms with Crippen LogP contribution in [0.1, 0.15) is 23.2 Å². The Balaban J connectivity index is 2.41. The highest BCUT2D eigenvalue weighted by Crippen LogP contribution is 2.33. The van der Waals surface area contributed by atoms with Gasteiger partial charge in [0.2, 0.25) is 5.91 Å². The molecule has 7 nitrogen and oxygen atoms in total. The molecule has 7 heteroatoms. The fourth-order valence-electron chi connectivity index (χ4n) is 2.53. The second-order valence-corrected chi connectivity index (χ2v) is 4.85. The Kier molecular flexibility index (Phi) is 4.21. The predicted octanol–water partition coefficient (Wildman–Crippen LogP) is 0.376. The van der Waals surface area contributed by atoms with Gasteiger partial charge in [0.1, 0.15) is 17.5 Å². The summed E-state index contributed by atoms with van der Waals surface area (Å²) in [6.07, 6.45) is 1.31. The Bertz CT molecular complexity index is 574. The van der Waals surface area contributed by atoms with Crippen molar-refractivity contribution < 1.29 is 19.1 Å². The summed E-state index contributed by atoms with van der Waals surface area (Å²) in [5.41, 5.74) is 11.8. The number of hydrogen-bond donors (Lipinski definition) is 2. The molecular formula is C14H19N3O4. The number of hydrogen-bond acceptors (Lipinski definition) is 5. The Hall–Kier alpha value is -2.44. The van der Waals surface area contributed by atoms with Crippen molar-refractivity contribution in [2.24, 2.45) is 5.73 Å². The molecule has 1 saturated heterocycles. The van der Waals surface area contributed by atoms with Gasteiger partial charge in [0.15, 0.2) is 0 Å². The van der Waals surface area contributed by atoms with Crippen molar-refractivity contribution in [3.8, 4) is 11.5 Å². The largest absolute Gasteiger partial charge is 0.497 e. The van der Waals surface area contributed by atoms with Crippen molar-refractivity contribution in [2.45, 2.75) is 18.9 Å². The van der Waals surface area contributed by atoms with Crippen molar-refractivity contribution in [1.29, 1.82) is 0 Å². The van der Waals surface area contributed by atoms with Gasteiger partial charge in [-0.3, -0.25) is 9.59 Å². The first kappa shape index (κ1) is 15.0. The topological polar surface area (TPSA) is 108 Å². The first-order valence-electron chi connectivity index (χ1n) is 6.61. The van der Waals surface area contributed by atoms with Crippen LogP contribution < -0.4 is 20.9 Å². The van der Waals surface area contributed by atoms with Crippen LogP contribution in [0.2, 0.25) is 0 Å². The molecule has 1 heterocycles. The van der Waals surface area contributed by atoms with Crippen LogP contribution in [0.4, 0.5) is 5.69 Å². The molecule has 0 aromatic heterocycles. The van der Waals surface area contributed by atoms with E-state index < -0.39 is 11.9 Å². The zero-order valence-electron chi connectivity index (χ0n) is 12.1.